The number of nitriles is 1. The first-order chi connectivity index (χ1) is 5.65. The Balaban J connectivity index is 3.34. The molecule has 0 fully saturated rings. The highest BCUT2D eigenvalue weighted by molar-refractivity contribution is 14.1. The van der Waals surface area contributed by atoms with E-state index in [4.69, 9.17) is 5.26 Å². The minimum Gasteiger partial charge on any atom is -0.294 e. The molecule has 0 aliphatic carbocycles. The molecule has 0 aliphatic heterocycles. The number of hydrogen-bond acceptors (Lipinski definition) is 2. The lowest BCUT2D eigenvalue weighted by molar-refractivity contribution is 0.101. The average molecular weight is 271 g/mol. The summed E-state index contributed by atoms with van der Waals surface area (Å²) in [4.78, 5) is 11.0. The van der Waals surface area contributed by atoms with Gasteiger partial charge in [0.15, 0.2) is 5.78 Å². The van der Waals surface area contributed by atoms with Crippen LogP contribution in [0.4, 0.5) is 0 Å². The van der Waals surface area contributed by atoms with E-state index in [0.29, 0.717) is 11.1 Å². The zero-order chi connectivity index (χ0) is 9.14. The minimum atomic E-state index is -0.0648. The van der Waals surface area contributed by atoms with E-state index >= 15 is 0 Å². The van der Waals surface area contributed by atoms with Crippen molar-refractivity contribution >= 4 is 28.4 Å². The number of ketones is 1. The van der Waals surface area contributed by atoms with Crippen molar-refractivity contribution in [3.63, 3.8) is 0 Å². The van der Waals surface area contributed by atoms with Gasteiger partial charge in [-0.3, -0.25) is 4.79 Å². The van der Waals surface area contributed by atoms with Crippen LogP contribution in [0.2, 0.25) is 0 Å². The Morgan fingerprint density at radius 3 is 2.75 bits per heavy atom. The van der Waals surface area contributed by atoms with E-state index < -0.39 is 0 Å². The van der Waals surface area contributed by atoms with Gasteiger partial charge in [0, 0.05) is 9.13 Å². The fraction of sp³-hybridized carbons (Fsp3) is 0.111. The molecule has 60 valence electrons. The zero-order valence-electron chi connectivity index (χ0n) is 6.47. The van der Waals surface area contributed by atoms with Crippen LogP contribution in [0.25, 0.3) is 0 Å². The molecule has 1 aromatic carbocycles. The van der Waals surface area contributed by atoms with Gasteiger partial charge in [0.2, 0.25) is 0 Å². The van der Waals surface area contributed by atoms with Crippen LogP contribution in [0, 0.1) is 14.9 Å². The van der Waals surface area contributed by atoms with E-state index in [1.54, 1.807) is 12.1 Å². The first-order valence-electron chi connectivity index (χ1n) is 3.35. The number of carbonyl (C=O) groups is 1. The number of hydrogen-bond donors (Lipinski definition) is 0. The van der Waals surface area contributed by atoms with Gasteiger partial charge in [-0.1, -0.05) is 0 Å². The fourth-order valence-corrected chi connectivity index (χ4v) is 1.40. The summed E-state index contributed by atoms with van der Waals surface area (Å²) in [5, 5.41) is 8.65. The van der Waals surface area contributed by atoms with Gasteiger partial charge in [0.25, 0.3) is 0 Å². The molecular formula is C9H6INO. The van der Waals surface area contributed by atoms with Gasteiger partial charge in [0.1, 0.15) is 0 Å². The standard InChI is InChI=1S/C9H6INO/c1-6(12)9-4-8(10)3-2-7(9)5-11/h2-4H,1H3. The molecule has 3 heteroatoms. The van der Waals surface area contributed by atoms with E-state index in [1.165, 1.54) is 6.92 Å². The van der Waals surface area contributed by atoms with E-state index in [0.717, 1.165) is 3.57 Å². The van der Waals surface area contributed by atoms with Crippen molar-refractivity contribution in [2.24, 2.45) is 0 Å². The highest BCUT2D eigenvalue weighted by Crippen LogP contribution is 2.13. The summed E-state index contributed by atoms with van der Waals surface area (Å²) >= 11 is 2.11. The van der Waals surface area contributed by atoms with Crippen molar-refractivity contribution in [2.45, 2.75) is 6.92 Å². The van der Waals surface area contributed by atoms with Crippen molar-refractivity contribution in [3.8, 4) is 6.07 Å². The van der Waals surface area contributed by atoms with E-state index in [9.17, 15) is 4.79 Å². The van der Waals surface area contributed by atoms with Crippen LogP contribution in [0.1, 0.15) is 22.8 Å². The fourth-order valence-electron chi connectivity index (χ4n) is 0.905. The summed E-state index contributed by atoms with van der Waals surface area (Å²) in [6.07, 6.45) is 0. The molecule has 0 saturated heterocycles. The number of nitrogens with zero attached hydrogens (tertiary/aromatic N) is 1. The summed E-state index contributed by atoms with van der Waals surface area (Å²) in [5.74, 6) is -0.0648. The van der Waals surface area contributed by atoms with Crippen LogP contribution < -0.4 is 0 Å². The zero-order valence-corrected chi connectivity index (χ0v) is 8.62. The van der Waals surface area contributed by atoms with Gasteiger partial charge in [0.05, 0.1) is 11.6 Å². The summed E-state index contributed by atoms with van der Waals surface area (Å²) < 4.78 is 0.969. The van der Waals surface area contributed by atoms with Crippen LogP contribution >= 0.6 is 22.6 Å². The van der Waals surface area contributed by atoms with Crippen molar-refractivity contribution < 1.29 is 4.79 Å². The predicted molar refractivity (Wildman–Crippen MR) is 53.9 cm³/mol. The summed E-state index contributed by atoms with van der Waals surface area (Å²) in [5.41, 5.74) is 0.951. The number of benzene rings is 1. The molecule has 0 aliphatic rings. The van der Waals surface area contributed by atoms with Gasteiger partial charge in [-0.2, -0.15) is 5.26 Å². The molecule has 0 radical (unpaired) electrons. The minimum absolute atomic E-state index is 0.0648. The van der Waals surface area contributed by atoms with E-state index in [2.05, 4.69) is 22.6 Å². The van der Waals surface area contributed by atoms with Crippen LogP contribution in [0.15, 0.2) is 18.2 Å². The molecule has 0 unspecified atom stereocenters. The van der Waals surface area contributed by atoms with Gasteiger partial charge in [-0.25, -0.2) is 0 Å². The summed E-state index contributed by atoms with van der Waals surface area (Å²) in [6, 6.07) is 7.18. The molecule has 0 atom stereocenters. The van der Waals surface area contributed by atoms with Crippen LogP contribution in [-0.2, 0) is 0 Å². The quantitative estimate of drug-likeness (QED) is 0.581. The largest absolute Gasteiger partial charge is 0.294 e. The van der Waals surface area contributed by atoms with Crippen LogP contribution in [-0.4, -0.2) is 5.78 Å². The second kappa shape index (κ2) is 3.68. The highest BCUT2D eigenvalue weighted by Gasteiger charge is 2.06. The third-order valence-corrected chi connectivity index (χ3v) is 2.15. The Bertz CT molecular complexity index is 365. The smallest absolute Gasteiger partial charge is 0.161 e. The molecule has 0 heterocycles. The van der Waals surface area contributed by atoms with E-state index in [-0.39, 0.29) is 5.78 Å². The van der Waals surface area contributed by atoms with Gasteiger partial charge >= 0.3 is 0 Å². The monoisotopic (exact) mass is 271 g/mol. The first-order valence-corrected chi connectivity index (χ1v) is 4.43. The molecule has 0 aromatic heterocycles. The topological polar surface area (TPSA) is 40.9 Å². The Morgan fingerprint density at radius 1 is 1.58 bits per heavy atom. The lowest BCUT2D eigenvalue weighted by atomic mass is 10.1. The number of Topliss-reactive ketones (excluding diaryl/α,β-unsaturated/α-hetero) is 1. The lowest BCUT2D eigenvalue weighted by Crippen LogP contribution is -1.96. The Hall–Kier alpha value is -0.890. The second-order valence-corrected chi connectivity index (χ2v) is 3.60. The summed E-state index contributed by atoms with van der Waals surface area (Å²) in [6.45, 7) is 1.46. The van der Waals surface area contributed by atoms with Crippen LogP contribution in [0.5, 0.6) is 0 Å². The molecule has 1 aromatic rings. The second-order valence-electron chi connectivity index (χ2n) is 2.36. The van der Waals surface area contributed by atoms with E-state index in [1.807, 2.05) is 12.1 Å². The maximum absolute atomic E-state index is 11.0. The highest BCUT2D eigenvalue weighted by atomic mass is 127. The number of carbonyl (C=O) groups excluding carboxylic acids is 1. The molecule has 2 nitrogen and oxygen atoms in total. The van der Waals surface area contributed by atoms with Crippen molar-refractivity contribution in [2.75, 3.05) is 0 Å². The van der Waals surface area contributed by atoms with Gasteiger partial charge in [-0.05, 0) is 47.7 Å². The molecule has 0 spiro atoms. The average Bonchev–Trinajstić information content (AvgIpc) is 2.04. The lowest BCUT2D eigenvalue weighted by Gasteiger charge is -1.98. The SMILES string of the molecule is CC(=O)c1cc(I)ccc1C#N. The van der Waals surface area contributed by atoms with Crippen molar-refractivity contribution in [1.82, 2.24) is 0 Å². The molecule has 0 N–H and O–H groups in total. The van der Waals surface area contributed by atoms with Crippen molar-refractivity contribution in [1.29, 1.82) is 5.26 Å². The Labute approximate surface area is 84.3 Å². The molecule has 12 heavy (non-hydrogen) atoms. The summed E-state index contributed by atoms with van der Waals surface area (Å²) in [7, 11) is 0. The first kappa shape index (κ1) is 9.20. The maximum Gasteiger partial charge on any atom is 0.161 e. The predicted octanol–water partition coefficient (Wildman–Crippen LogP) is 2.37. The third kappa shape index (κ3) is 1.83. The maximum atomic E-state index is 11.0. The van der Waals surface area contributed by atoms with Crippen molar-refractivity contribution in [3.05, 3.63) is 32.9 Å². The van der Waals surface area contributed by atoms with Gasteiger partial charge < -0.3 is 0 Å². The molecule has 0 amide bonds. The number of halogens is 1. The third-order valence-electron chi connectivity index (χ3n) is 1.48. The van der Waals surface area contributed by atoms with Gasteiger partial charge in [-0.15, -0.1) is 0 Å². The molecule has 0 bridgehead atoms. The molecular weight excluding hydrogens is 265 g/mol. The normalized spacial score (nSPS) is 9.08. The number of rotatable bonds is 1. The Kier molecular flexibility index (Phi) is 2.82. The molecule has 1 rings (SSSR count). The van der Waals surface area contributed by atoms with Crippen LogP contribution in [0.3, 0.4) is 0 Å². The Morgan fingerprint density at radius 2 is 2.25 bits per heavy atom. The molecule has 0 saturated carbocycles.